The first-order valence-corrected chi connectivity index (χ1v) is 16.1. The van der Waals surface area contributed by atoms with Crippen LogP contribution in [0, 0.1) is 35.1 Å². The van der Waals surface area contributed by atoms with Crippen LogP contribution in [0.1, 0.15) is 84.1 Å². The lowest BCUT2D eigenvalue weighted by molar-refractivity contribution is 0.289. The summed E-state index contributed by atoms with van der Waals surface area (Å²) in [6.45, 7) is 7.29. The van der Waals surface area contributed by atoms with Gasteiger partial charge in [0.2, 0.25) is 0 Å². The minimum absolute atomic E-state index is 0.379. The Morgan fingerprint density at radius 1 is 0.821 bits per heavy atom. The summed E-state index contributed by atoms with van der Waals surface area (Å²) in [5.74, 6) is -6.56. The highest BCUT2D eigenvalue weighted by molar-refractivity contribution is 7.97. The van der Waals surface area contributed by atoms with E-state index in [1.54, 1.807) is 4.31 Å². The fourth-order valence-electron chi connectivity index (χ4n) is 4.84. The van der Waals surface area contributed by atoms with Gasteiger partial charge in [0, 0.05) is 13.1 Å². The van der Waals surface area contributed by atoms with Crippen molar-refractivity contribution in [3.63, 3.8) is 0 Å². The molecule has 0 bridgehead atoms. The lowest BCUT2D eigenvalue weighted by atomic mass is 9.91. The maximum absolute atomic E-state index is 14.1. The molecule has 0 unspecified atom stereocenters. The van der Waals surface area contributed by atoms with Crippen molar-refractivity contribution in [2.75, 3.05) is 13.1 Å². The third kappa shape index (κ3) is 10.4. The number of rotatable bonds is 5. The van der Waals surface area contributed by atoms with Gasteiger partial charge in [0.25, 0.3) is 0 Å². The fraction of sp³-hybridized carbons (Fsp3) is 0.586. The summed E-state index contributed by atoms with van der Waals surface area (Å²) >= 11 is 0.501. The second kappa shape index (κ2) is 16.6. The average molecular weight is 592 g/mol. The van der Waals surface area contributed by atoms with E-state index in [1.807, 2.05) is 44.2 Å². The van der Waals surface area contributed by atoms with E-state index in [1.165, 1.54) is 50.5 Å². The van der Waals surface area contributed by atoms with Gasteiger partial charge in [0.1, 0.15) is 4.90 Å². The Labute approximate surface area is 235 Å². The van der Waals surface area contributed by atoms with Crippen LogP contribution in [0.25, 0.3) is 0 Å². The van der Waals surface area contributed by atoms with E-state index in [-0.39, 0.29) is 0 Å². The summed E-state index contributed by atoms with van der Waals surface area (Å²) in [5.41, 5.74) is 1.19. The summed E-state index contributed by atoms with van der Waals surface area (Å²) in [4.78, 5) is -2.99. The molecule has 1 heterocycles. The number of piperidine rings is 1. The Morgan fingerprint density at radius 2 is 1.31 bits per heavy atom. The van der Waals surface area contributed by atoms with Gasteiger partial charge in [-0.1, -0.05) is 96.0 Å². The first kappa shape index (κ1) is 33.6. The quantitative estimate of drug-likeness (QED) is 0.163. The molecule has 1 N–H and O–H groups in total. The predicted octanol–water partition coefficient (Wildman–Crippen LogP) is 8.84. The maximum Gasteiger partial charge on any atom is 0.300 e. The Kier molecular flexibility index (Phi) is 14.3. The smallest absolute Gasteiger partial charge is 0.282 e. The largest absolute Gasteiger partial charge is 0.300 e. The molecular formula is C29H41F4NO3S2. The van der Waals surface area contributed by atoms with Crippen LogP contribution < -0.4 is 0 Å². The second-order valence-electron chi connectivity index (χ2n) is 9.99. The third-order valence-electron chi connectivity index (χ3n) is 7.00. The van der Waals surface area contributed by atoms with Crippen molar-refractivity contribution in [2.45, 2.75) is 94.8 Å². The normalized spacial score (nSPS) is 17.7. The summed E-state index contributed by atoms with van der Waals surface area (Å²) in [6.07, 6.45) is 12.8. The summed E-state index contributed by atoms with van der Waals surface area (Å²) < 4.78 is 88.5. The number of benzene rings is 2. The molecule has 0 amide bonds. The van der Waals surface area contributed by atoms with E-state index in [2.05, 4.69) is 6.92 Å². The molecule has 2 aliphatic rings. The van der Waals surface area contributed by atoms with E-state index in [9.17, 15) is 26.0 Å². The van der Waals surface area contributed by atoms with Crippen LogP contribution in [-0.4, -0.2) is 30.4 Å². The molecule has 1 aliphatic carbocycles. The van der Waals surface area contributed by atoms with Crippen molar-refractivity contribution in [3.05, 3.63) is 59.2 Å². The Morgan fingerprint density at radius 3 is 1.79 bits per heavy atom. The van der Waals surface area contributed by atoms with E-state index in [0.717, 1.165) is 25.2 Å². The predicted molar refractivity (Wildman–Crippen MR) is 149 cm³/mol. The molecule has 39 heavy (non-hydrogen) atoms. The highest BCUT2D eigenvalue weighted by Crippen LogP contribution is 2.37. The van der Waals surface area contributed by atoms with Gasteiger partial charge < -0.3 is 0 Å². The molecular weight excluding hydrogens is 550 g/mol. The standard InChI is InChI=1S/C18H17F4NO3S2.C9H18.C2H6/c19-13-15(21)18(28(24,25)26)16(22)14(20)17(13)27-23-8-6-12(7-9-23)10-11-4-2-1-3-5-11;1-9-7-5-3-2-4-6-8-9;1-2/h1-5,12H,6-10H2,(H,24,25,26);9H,2-8H2,1H3;1-2H3. The van der Waals surface area contributed by atoms with Gasteiger partial charge in [-0.25, -0.2) is 21.9 Å². The third-order valence-corrected chi connectivity index (χ3v) is 9.03. The molecule has 4 nitrogen and oxygen atoms in total. The van der Waals surface area contributed by atoms with Gasteiger partial charge in [-0.2, -0.15) is 8.42 Å². The minimum Gasteiger partial charge on any atom is -0.282 e. The van der Waals surface area contributed by atoms with Crippen molar-refractivity contribution in [1.82, 2.24) is 4.31 Å². The van der Waals surface area contributed by atoms with Gasteiger partial charge in [0.15, 0.2) is 28.2 Å². The van der Waals surface area contributed by atoms with Gasteiger partial charge in [-0.3, -0.25) is 4.55 Å². The summed E-state index contributed by atoms with van der Waals surface area (Å²) in [7, 11) is -5.45. The number of hydrogen-bond donors (Lipinski definition) is 1. The Bertz CT molecular complexity index is 1090. The Hall–Kier alpha value is -1.62. The van der Waals surface area contributed by atoms with Crippen LogP contribution in [0.3, 0.4) is 0 Å². The van der Waals surface area contributed by atoms with Crippen LogP contribution >= 0.6 is 11.9 Å². The molecule has 1 saturated heterocycles. The molecule has 220 valence electrons. The van der Waals surface area contributed by atoms with Gasteiger partial charge in [-0.05, 0) is 48.6 Å². The topological polar surface area (TPSA) is 57.6 Å². The van der Waals surface area contributed by atoms with E-state index >= 15 is 0 Å². The van der Waals surface area contributed by atoms with Crippen LogP contribution in [0.4, 0.5) is 17.6 Å². The molecule has 4 rings (SSSR count). The zero-order chi connectivity index (χ0) is 29.0. The molecule has 2 aromatic carbocycles. The van der Waals surface area contributed by atoms with E-state index < -0.39 is 43.2 Å². The molecule has 1 aliphatic heterocycles. The molecule has 0 radical (unpaired) electrons. The van der Waals surface area contributed by atoms with Crippen molar-refractivity contribution in [3.8, 4) is 0 Å². The molecule has 0 atom stereocenters. The van der Waals surface area contributed by atoms with Gasteiger partial charge in [0.05, 0.1) is 0 Å². The first-order valence-electron chi connectivity index (χ1n) is 13.9. The van der Waals surface area contributed by atoms with Crippen molar-refractivity contribution in [2.24, 2.45) is 11.8 Å². The molecule has 0 aromatic heterocycles. The van der Waals surface area contributed by atoms with Crippen molar-refractivity contribution in [1.29, 1.82) is 0 Å². The van der Waals surface area contributed by atoms with Gasteiger partial charge >= 0.3 is 10.1 Å². The number of hydrogen-bond acceptors (Lipinski definition) is 4. The average Bonchev–Trinajstić information content (AvgIpc) is 2.90. The minimum atomic E-state index is -5.45. The maximum atomic E-state index is 14.1. The van der Waals surface area contributed by atoms with E-state index in [0.29, 0.717) is 31.0 Å². The van der Waals surface area contributed by atoms with Crippen molar-refractivity contribution < 1.29 is 30.5 Å². The second-order valence-corrected chi connectivity index (χ2v) is 12.5. The van der Waals surface area contributed by atoms with E-state index in [4.69, 9.17) is 4.55 Å². The van der Waals surface area contributed by atoms with Gasteiger partial charge in [-0.15, -0.1) is 0 Å². The van der Waals surface area contributed by atoms with Crippen LogP contribution in [0.2, 0.25) is 0 Å². The molecule has 2 aromatic rings. The van der Waals surface area contributed by atoms with Crippen molar-refractivity contribution >= 4 is 22.1 Å². The zero-order valence-corrected chi connectivity index (χ0v) is 24.7. The summed E-state index contributed by atoms with van der Waals surface area (Å²) in [5, 5.41) is 0. The lowest BCUT2D eigenvalue weighted by Gasteiger charge is -2.31. The Balaban J connectivity index is 0.000000407. The molecule has 2 fully saturated rings. The first-order chi connectivity index (χ1) is 18.6. The monoisotopic (exact) mass is 591 g/mol. The molecule has 1 saturated carbocycles. The van der Waals surface area contributed by atoms with Crippen LogP contribution in [-0.2, 0) is 16.5 Å². The van der Waals surface area contributed by atoms with Crippen LogP contribution in [0.5, 0.6) is 0 Å². The number of nitrogens with zero attached hydrogens (tertiary/aromatic N) is 1. The molecule has 0 spiro atoms. The SMILES string of the molecule is CC.CC1CCCCCCC1.O=S(=O)(O)c1c(F)c(F)c(SN2CCC(Cc3ccccc3)CC2)c(F)c1F. The summed E-state index contributed by atoms with van der Waals surface area (Å²) in [6, 6.07) is 9.87. The highest BCUT2D eigenvalue weighted by Gasteiger charge is 2.33. The lowest BCUT2D eigenvalue weighted by Crippen LogP contribution is -2.29. The fourth-order valence-corrected chi connectivity index (χ4v) is 6.46. The highest BCUT2D eigenvalue weighted by atomic mass is 32.2. The number of halogens is 4. The molecule has 10 heteroatoms. The zero-order valence-electron chi connectivity index (χ0n) is 23.1. The van der Waals surface area contributed by atoms with Crippen LogP contribution in [0.15, 0.2) is 40.1 Å².